The van der Waals surface area contributed by atoms with Crippen LogP contribution < -0.4 is 0 Å². The van der Waals surface area contributed by atoms with Crippen LogP contribution in [0.2, 0.25) is 5.02 Å². The second-order valence-electron chi connectivity index (χ2n) is 7.21. The lowest BCUT2D eigenvalue weighted by atomic mass is 10.0. The Kier molecular flexibility index (Phi) is 4.33. The summed E-state index contributed by atoms with van der Waals surface area (Å²) >= 11 is 6.41. The maximum Gasteiger partial charge on any atom is 0.256 e. The first kappa shape index (κ1) is 18.2. The molecule has 9 heteroatoms. The first-order valence-electron chi connectivity index (χ1n) is 9.25. The normalized spacial score (nSPS) is 20.4. The van der Waals surface area contributed by atoms with Gasteiger partial charge < -0.3 is 14.2 Å². The minimum atomic E-state index is -0.413. The van der Waals surface area contributed by atoms with Crippen molar-refractivity contribution in [3.8, 4) is 11.5 Å². The van der Waals surface area contributed by atoms with Crippen LogP contribution in [0, 0.1) is 12.7 Å². The van der Waals surface area contributed by atoms with Crippen molar-refractivity contribution >= 4 is 17.5 Å². The molecule has 3 aromatic rings. The number of morpholine rings is 1. The molecule has 2 bridgehead atoms. The van der Waals surface area contributed by atoms with E-state index in [1.165, 1.54) is 6.07 Å². The number of hydrogen-bond acceptors (Lipinski definition) is 5. The van der Waals surface area contributed by atoms with E-state index in [-0.39, 0.29) is 18.0 Å². The largest absolute Gasteiger partial charge is 0.377 e. The van der Waals surface area contributed by atoms with Crippen LogP contribution in [0.25, 0.3) is 11.5 Å². The first-order chi connectivity index (χ1) is 14.0. The Hall–Kier alpha value is -2.84. The van der Waals surface area contributed by atoms with Gasteiger partial charge in [-0.3, -0.25) is 4.79 Å². The highest BCUT2D eigenvalue weighted by Gasteiger charge is 2.44. The van der Waals surface area contributed by atoms with Crippen LogP contribution in [0.15, 0.2) is 36.5 Å². The summed E-state index contributed by atoms with van der Waals surface area (Å²) in [5, 5.41) is 9.04. The van der Waals surface area contributed by atoms with E-state index in [0.717, 1.165) is 11.8 Å². The molecule has 0 unspecified atom stereocenters. The Labute approximate surface area is 171 Å². The van der Waals surface area contributed by atoms with Crippen LogP contribution in [-0.4, -0.2) is 49.8 Å². The topological polar surface area (TPSA) is 73.1 Å². The molecular weight excluding hydrogens is 397 g/mol. The van der Waals surface area contributed by atoms with E-state index in [9.17, 15) is 9.18 Å². The van der Waals surface area contributed by atoms with E-state index in [4.69, 9.17) is 16.3 Å². The number of amides is 1. The van der Waals surface area contributed by atoms with Gasteiger partial charge >= 0.3 is 0 Å². The highest BCUT2D eigenvalue weighted by molar-refractivity contribution is 6.34. The summed E-state index contributed by atoms with van der Waals surface area (Å²) in [4.78, 5) is 19.3. The van der Waals surface area contributed by atoms with Crippen LogP contribution >= 0.6 is 11.6 Å². The SMILES string of the molecule is Cc1cccc(C(=O)N2[C@H]3COC[C@@H]2c2nnc(-c4ccc(F)cn4)n2C3)c1Cl. The molecule has 1 saturated heterocycles. The van der Waals surface area contributed by atoms with Gasteiger partial charge in [0.1, 0.15) is 17.6 Å². The Morgan fingerprint density at radius 3 is 2.90 bits per heavy atom. The first-order valence-corrected chi connectivity index (χ1v) is 9.63. The number of ether oxygens (including phenoxy) is 1. The van der Waals surface area contributed by atoms with Crippen molar-refractivity contribution in [2.45, 2.75) is 25.6 Å². The number of aryl methyl sites for hydroxylation is 1. The predicted molar refractivity (Wildman–Crippen MR) is 103 cm³/mol. The molecule has 29 heavy (non-hydrogen) atoms. The molecule has 5 rings (SSSR count). The number of halogens is 2. The van der Waals surface area contributed by atoms with Gasteiger partial charge in [-0.2, -0.15) is 0 Å². The molecule has 0 aliphatic carbocycles. The number of benzene rings is 1. The summed E-state index contributed by atoms with van der Waals surface area (Å²) in [7, 11) is 0. The van der Waals surface area contributed by atoms with E-state index < -0.39 is 5.82 Å². The van der Waals surface area contributed by atoms with Crippen molar-refractivity contribution < 1.29 is 13.9 Å². The minimum Gasteiger partial charge on any atom is -0.377 e. The highest BCUT2D eigenvalue weighted by Crippen LogP contribution is 2.36. The van der Waals surface area contributed by atoms with Crippen molar-refractivity contribution in [1.82, 2.24) is 24.6 Å². The Morgan fingerprint density at radius 1 is 1.24 bits per heavy atom. The van der Waals surface area contributed by atoms with Gasteiger partial charge in [0, 0.05) is 6.54 Å². The van der Waals surface area contributed by atoms with E-state index in [2.05, 4.69) is 15.2 Å². The number of carbonyl (C=O) groups is 1. The van der Waals surface area contributed by atoms with Gasteiger partial charge in [-0.1, -0.05) is 23.7 Å². The van der Waals surface area contributed by atoms with Crippen molar-refractivity contribution in [1.29, 1.82) is 0 Å². The highest BCUT2D eigenvalue weighted by atomic mass is 35.5. The zero-order chi connectivity index (χ0) is 20.1. The Balaban J connectivity index is 1.55. The lowest BCUT2D eigenvalue weighted by molar-refractivity contribution is -0.0569. The Morgan fingerprint density at radius 2 is 2.10 bits per heavy atom. The van der Waals surface area contributed by atoms with Gasteiger partial charge in [0.25, 0.3) is 5.91 Å². The molecule has 0 spiro atoms. The molecule has 1 amide bonds. The van der Waals surface area contributed by atoms with E-state index in [0.29, 0.717) is 47.7 Å². The van der Waals surface area contributed by atoms with Gasteiger partial charge in [-0.25, -0.2) is 9.37 Å². The fraction of sp³-hybridized carbons (Fsp3) is 0.300. The van der Waals surface area contributed by atoms with Gasteiger partial charge in [0.05, 0.1) is 36.0 Å². The van der Waals surface area contributed by atoms with Gasteiger partial charge in [0.2, 0.25) is 0 Å². The lowest BCUT2D eigenvalue weighted by Crippen LogP contribution is -2.56. The van der Waals surface area contributed by atoms with Crippen LogP contribution in [0.1, 0.15) is 27.8 Å². The molecule has 0 radical (unpaired) electrons. The van der Waals surface area contributed by atoms with Crippen LogP contribution in [0.3, 0.4) is 0 Å². The van der Waals surface area contributed by atoms with Gasteiger partial charge in [-0.05, 0) is 30.7 Å². The third-order valence-electron chi connectivity index (χ3n) is 5.40. The second-order valence-corrected chi connectivity index (χ2v) is 7.59. The van der Waals surface area contributed by atoms with E-state index in [1.807, 2.05) is 23.6 Å². The third kappa shape index (κ3) is 2.90. The maximum atomic E-state index is 13.4. The molecule has 4 heterocycles. The number of hydrogen-bond donors (Lipinski definition) is 0. The fourth-order valence-electron chi connectivity index (χ4n) is 3.98. The summed E-state index contributed by atoms with van der Waals surface area (Å²) in [6, 6.07) is 7.77. The molecule has 2 aromatic heterocycles. The molecule has 2 aliphatic rings. The zero-order valence-electron chi connectivity index (χ0n) is 15.5. The fourth-order valence-corrected chi connectivity index (χ4v) is 4.19. The average Bonchev–Trinajstić information content (AvgIpc) is 3.13. The number of rotatable bonds is 2. The van der Waals surface area contributed by atoms with Crippen molar-refractivity contribution in [2.75, 3.05) is 13.2 Å². The molecular formula is C20H17ClFN5O2. The quantitative estimate of drug-likeness (QED) is 0.645. The van der Waals surface area contributed by atoms with Crippen molar-refractivity contribution in [3.05, 3.63) is 64.3 Å². The summed E-state index contributed by atoms with van der Waals surface area (Å²) < 4.78 is 20.9. The number of pyridine rings is 1. The average molecular weight is 414 g/mol. The third-order valence-corrected chi connectivity index (χ3v) is 5.90. The van der Waals surface area contributed by atoms with Gasteiger partial charge in [-0.15, -0.1) is 10.2 Å². The maximum absolute atomic E-state index is 13.4. The Bertz CT molecular complexity index is 1100. The van der Waals surface area contributed by atoms with Gasteiger partial charge in [0.15, 0.2) is 11.6 Å². The lowest BCUT2D eigenvalue weighted by Gasteiger charge is -2.45. The smallest absolute Gasteiger partial charge is 0.256 e. The molecule has 0 N–H and O–H groups in total. The summed E-state index contributed by atoms with van der Waals surface area (Å²) in [6.45, 7) is 3.06. The van der Waals surface area contributed by atoms with E-state index in [1.54, 1.807) is 17.0 Å². The van der Waals surface area contributed by atoms with Crippen LogP contribution in [0.5, 0.6) is 0 Å². The van der Waals surface area contributed by atoms with Crippen LogP contribution in [-0.2, 0) is 11.3 Å². The molecule has 1 aromatic carbocycles. The summed E-state index contributed by atoms with van der Waals surface area (Å²) in [5.74, 6) is 0.619. The summed E-state index contributed by atoms with van der Waals surface area (Å²) in [5.41, 5.74) is 1.85. The second kappa shape index (κ2) is 6.89. The number of aromatic nitrogens is 4. The number of fused-ring (bicyclic) bond motifs is 4. The summed E-state index contributed by atoms with van der Waals surface area (Å²) in [6.07, 6.45) is 1.15. The van der Waals surface area contributed by atoms with Crippen molar-refractivity contribution in [2.24, 2.45) is 0 Å². The molecule has 7 nitrogen and oxygen atoms in total. The number of carbonyl (C=O) groups excluding carboxylic acids is 1. The predicted octanol–water partition coefficient (Wildman–Crippen LogP) is 3.04. The molecule has 1 fully saturated rings. The monoisotopic (exact) mass is 413 g/mol. The van der Waals surface area contributed by atoms with Crippen molar-refractivity contribution in [3.63, 3.8) is 0 Å². The number of nitrogens with zero attached hydrogens (tertiary/aromatic N) is 5. The molecule has 0 saturated carbocycles. The molecule has 2 atom stereocenters. The van der Waals surface area contributed by atoms with E-state index >= 15 is 0 Å². The van der Waals surface area contributed by atoms with Crippen LogP contribution in [0.4, 0.5) is 4.39 Å². The molecule has 2 aliphatic heterocycles. The standard InChI is InChI=1S/C20H17ClFN5O2/c1-11-3-2-4-14(17(11)21)20(28)27-13-8-26-18(15-6-5-12(22)7-23-15)24-25-19(26)16(27)10-29-9-13/h2-7,13,16H,8-10H2,1H3/t13-,16-/m1/s1. The molecule has 148 valence electrons. The zero-order valence-corrected chi connectivity index (χ0v) is 16.3. The minimum absolute atomic E-state index is 0.146.